The molecule has 0 aromatic carbocycles. The molecule has 1 N–H and O–H groups in total. The van der Waals surface area contributed by atoms with Crippen molar-refractivity contribution in [3.63, 3.8) is 0 Å². The van der Waals surface area contributed by atoms with E-state index in [1.807, 2.05) is 18.7 Å². The second-order valence-electron chi connectivity index (χ2n) is 4.56. The molecule has 0 bridgehead atoms. The van der Waals surface area contributed by atoms with Gasteiger partial charge in [0.05, 0.1) is 4.47 Å². The van der Waals surface area contributed by atoms with E-state index in [-0.39, 0.29) is 0 Å². The van der Waals surface area contributed by atoms with Gasteiger partial charge in [-0.2, -0.15) is 5.10 Å². The van der Waals surface area contributed by atoms with Gasteiger partial charge in [-0.1, -0.05) is 25.2 Å². The van der Waals surface area contributed by atoms with Crippen LogP contribution in [-0.2, 0) is 7.05 Å². The Morgan fingerprint density at radius 2 is 2.11 bits per heavy atom. The van der Waals surface area contributed by atoms with Crippen LogP contribution in [0.3, 0.4) is 0 Å². The van der Waals surface area contributed by atoms with E-state index in [2.05, 4.69) is 50.4 Å². The molecule has 0 aliphatic carbocycles. The lowest BCUT2D eigenvalue weighted by atomic mass is 10.2. The number of halogens is 1. The quantitative estimate of drug-likeness (QED) is 0.936. The van der Waals surface area contributed by atoms with Crippen molar-refractivity contribution in [3.05, 3.63) is 10.2 Å². The molecule has 0 aliphatic heterocycles. The molecular weight excluding hydrogens is 314 g/mol. The Balaban J connectivity index is 2.21. The van der Waals surface area contributed by atoms with Crippen LogP contribution in [0.25, 0.3) is 10.7 Å². The third-order valence-corrected chi connectivity index (χ3v) is 4.39. The third-order valence-electron chi connectivity index (χ3n) is 2.55. The van der Waals surface area contributed by atoms with Crippen molar-refractivity contribution >= 4 is 32.4 Å². The van der Waals surface area contributed by atoms with E-state index >= 15 is 0 Å². The van der Waals surface area contributed by atoms with Crippen LogP contribution in [0.5, 0.6) is 0 Å². The summed E-state index contributed by atoms with van der Waals surface area (Å²) in [6.45, 7) is 7.23. The lowest BCUT2D eigenvalue weighted by Gasteiger charge is -2.03. The molecule has 0 spiro atoms. The van der Waals surface area contributed by atoms with E-state index in [9.17, 15) is 0 Å². The Morgan fingerprint density at radius 1 is 1.39 bits per heavy atom. The van der Waals surface area contributed by atoms with Crippen molar-refractivity contribution in [2.75, 3.05) is 11.9 Å². The van der Waals surface area contributed by atoms with Gasteiger partial charge in [-0.15, -0.1) is 10.2 Å². The minimum atomic E-state index is 0.584. The second-order valence-corrected chi connectivity index (χ2v) is 6.33. The Bertz CT molecular complexity index is 546. The van der Waals surface area contributed by atoms with E-state index in [4.69, 9.17) is 0 Å². The predicted octanol–water partition coefficient (Wildman–Crippen LogP) is 3.08. The van der Waals surface area contributed by atoms with E-state index in [0.717, 1.165) is 32.5 Å². The number of aromatic nitrogens is 4. The molecule has 2 heterocycles. The summed E-state index contributed by atoms with van der Waals surface area (Å²) < 4.78 is 2.82. The summed E-state index contributed by atoms with van der Waals surface area (Å²) in [5.74, 6) is 0.584. The molecular formula is C11H16BrN5S. The Hall–Kier alpha value is -0.950. The molecule has 0 amide bonds. The molecule has 2 aromatic heterocycles. The van der Waals surface area contributed by atoms with E-state index < -0.39 is 0 Å². The van der Waals surface area contributed by atoms with E-state index in [0.29, 0.717) is 5.92 Å². The van der Waals surface area contributed by atoms with Gasteiger partial charge in [0.1, 0.15) is 5.69 Å². The van der Waals surface area contributed by atoms with Crippen molar-refractivity contribution in [2.45, 2.75) is 20.8 Å². The van der Waals surface area contributed by atoms with E-state index in [1.54, 1.807) is 0 Å². The lowest BCUT2D eigenvalue weighted by molar-refractivity contribution is 0.687. The predicted molar refractivity (Wildman–Crippen MR) is 77.9 cm³/mol. The van der Waals surface area contributed by atoms with Crippen LogP contribution in [-0.4, -0.2) is 26.5 Å². The highest BCUT2D eigenvalue weighted by atomic mass is 79.9. The van der Waals surface area contributed by atoms with Crippen LogP contribution in [0.15, 0.2) is 4.47 Å². The van der Waals surface area contributed by atoms with Crippen LogP contribution in [0, 0.1) is 12.8 Å². The molecule has 0 saturated carbocycles. The molecule has 0 saturated heterocycles. The molecule has 0 fully saturated rings. The summed E-state index contributed by atoms with van der Waals surface area (Å²) in [7, 11) is 1.92. The van der Waals surface area contributed by atoms with Crippen LogP contribution in [0.4, 0.5) is 5.13 Å². The zero-order valence-corrected chi connectivity index (χ0v) is 13.3. The summed E-state index contributed by atoms with van der Waals surface area (Å²) in [5, 5.41) is 17.7. The summed E-state index contributed by atoms with van der Waals surface area (Å²) >= 11 is 5.07. The van der Waals surface area contributed by atoms with Crippen molar-refractivity contribution in [1.82, 2.24) is 20.0 Å². The third kappa shape index (κ3) is 2.72. The summed E-state index contributed by atoms with van der Waals surface area (Å²) in [4.78, 5) is 0. The number of hydrogen-bond donors (Lipinski definition) is 1. The minimum Gasteiger partial charge on any atom is -0.360 e. The van der Waals surface area contributed by atoms with Crippen molar-refractivity contribution in [3.8, 4) is 10.7 Å². The van der Waals surface area contributed by atoms with Gasteiger partial charge in [0.15, 0.2) is 5.01 Å². The first-order chi connectivity index (χ1) is 8.49. The minimum absolute atomic E-state index is 0.584. The molecule has 0 unspecified atom stereocenters. The standard InChI is InChI=1S/C11H16BrN5S/c1-6(2)5-13-11-15-14-10(18-11)9-8(12)7(3)17(4)16-9/h6H,5H2,1-4H3,(H,13,15). The van der Waals surface area contributed by atoms with Gasteiger partial charge >= 0.3 is 0 Å². The van der Waals surface area contributed by atoms with Crippen molar-refractivity contribution < 1.29 is 0 Å². The topological polar surface area (TPSA) is 55.6 Å². The van der Waals surface area contributed by atoms with Gasteiger partial charge < -0.3 is 5.32 Å². The largest absolute Gasteiger partial charge is 0.360 e. The first-order valence-electron chi connectivity index (χ1n) is 5.76. The Kier molecular flexibility index (Phi) is 4.01. The number of rotatable bonds is 4. The average molecular weight is 330 g/mol. The van der Waals surface area contributed by atoms with Crippen LogP contribution >= 0.6 is 27.3 Å². The van der Waals surface area contributed by atoms with Gasteiger partial charge in [-0.05, 0) is 28.8 Å². The van der Waals surface area contributed by atoms with Crippen LogP contribution in [0.2, 0.25) is 0 Å². The van der Waals surface area contributed by atoms with Gasteiger partial charge in [-0.3, -0.25) is 4.68 Å². The lowest BCUT2D eigenvalue weighted by Crippen LogP contribution is -2.07. The van der Waals surface area contributed by atoms with E-state index in [1.165, 1.54) is 11.3 Å². The monoisotopic (exact) mass is 329 g/mol. The Morgan fingerprint density at radius 3 is 2.67 bits per heavy atom. The van der Waals surface area contributed by atoms with Crippen LogP contribution < -0.4 is 5.32 Å². The highest BCUT2D eigenvalue weighted by Gasteiger charge is 2.16. The maximum absolute atomic E-state index is 4.44. The number of nitrogens with one attached hydrogen (secondary N) is 1. The number of nitrogens with zero attached hydrogens (tertiary/aromatic N) is 4. The zero-order chi connectivity index (χ0) is 13.3. The molecule has 2 rings (SSSR count). The van der Waals surface area contributed by atoms with Gasteiger partial charge in [0, 0.05) is 19.3 Å². The highest BCUT2D eigenvalue weighted by molar-refractivity contribution is 9.10. The molecule has 5 nitrogen and oxygen atoms in total. The average Bonchev–Trinajstić information content (AvgIpc) is 2.87. The van der Waals surface area contributed by atoms with Crippen molar-refractivity contribution in [1.29, 1.82) is 0 Å². The Labute approximate surface area is 119 Å². The first-order valence-corrected chi connectivity index (χ1v) is 7.36. The molecule has 0 aliphatic rings. The molecule has 0 radical (unpaired) electrons. The number of hydrogen-bond acceptors (Lipinski definition) is 5. The van der Waals surface area contributed by atoms with Crippen LogP contribution in [0.1, 0.15) is 19.5 Å². The molecule has 2 aromatic rings. The van der Waals surface area contributed by atoms with Crippen molar-refractivity contribution in [2.24, 2.45) is 13.0 Å². The molecule has 7 heteroatoms. The summed E-state index contributed by atoms with van der Waals surface area (Å²) in [6, 6.07) is 0. The summed E-state index contributed by atoms with van der Waals surface area (Å²) in [5.41, 5.74) is 1.93. The maximum atomic E-state index is 4.44. The fourth-order valence-corrected chi connectivity index (χ4v) is 2.80. The smallest absolute Gasteiger partial charge is 0.206 e. The maximum Gasteiger partial charge on any atom is 0.206 e. The normalized spacial score (nSPS) is 11.2. The second kappa shape index (κ2) is 5.36. The number of aryl methyl sites for hydroxylation is 1. The molecule has 0 atom stereocenters. The van der Waals surface area contributed by atoms with Gasteiger partial charge in [0.25, 0.3) is 0 Å². The molecule has 98 valence electrons. The SMILES string of the molecule is Cc1c(Br)c(-c2nnc(NCC(C)C)s2)nn1C. The van der Waals surface area contributed by atoms with Gasteiger partial charge in [-0.25, -0.2) is 0 Å². The highest BCUT2D eigenvalue weighted by Crippen LogP contribution is 2.32. The first kappa shape index (κ1) is 13.5. The zero-order valence-electron chi connectivity index (χ0n) is 10.9. The fourth-order valence-electron chi connectivity index (χ4n) is 1.40. The number of anilines is 1. The molecule has 18 heavy (non-hydrogen) atoms. The summed E-state index contributed by atoms with van der Waals surface area (Å²) in [6.07, 6.45) is 0. The fraction of sp³-hybridized carbons (Fsp3) is 0.545. The van der Waals surface area contributed by atoms with Gasteiger partial charge in [0.2, 0.25) is 5.13 Å².